The van der Waals surface area contributed by atoms with E-state index in [1.807, 2.05) is 43.3 Å². The van der Waals surface area contributed by atoms with Crippen LogP contribution in [0, 0.1) is 6.92 Å². The lowest BCUT2D eigenvalue weighted by Crippen LogP contribution is -2.14. The summed E-state index contributed by atoms with van der Waals surface area (Å²) < 4.78 is 5.11. The molecule has 0 radical (unpaired) electrons. The number of Topliss-reactive ketones (excluding diaryl/α,β-unsaturated/α-hetero) is 1. The largest absolute Gasteiger partial charge is 0.497 e. The maximum absolute atomic E-state index is 12.1. The summed E-state index contributed by atoms with van der Waals surface area (Å²) in [6.07, 6.45) is 0. The summed E-state index contributed by atoms with van der Waals surface area (Å²) in [7, 11) is 1.59. The molecule has 2 rings (SSSR count). The van der Waals surface area contributed by atoms with Gasteiger partial charge in [0.05, 0.1) is 13.7 Å². The average molecular weight is 255 g/mol. The molecule has 0 fully saturated rings. The van der Waals surface area contributed by atoms with Crippen molar-refractivity contribution >= 4 is 11.5 Å². The Balaban J connectivity index is 2.01. The fourth-order valence-electron chi connectivity index (χ4n) is 1.84. The standard InChI is InChI=1S/C16H17NO2/c1-12-5-3-7-14(9-12)17-11-16(18)13-6-4-8-15(10-13)19-2/h3-10,17H,11H2,1-2H3. The summed E-state index contributed by atoms with van der Waals surface area (Å²) in [6.45, 7) is 2.30. The molecule has 0 saturated carbocycles. The predicted octanol–water partition coefficient (Wildman–Crippen LogP) is 3.30. The van der Waals surface area contributed by atoms with Gasteiger partial charge >= 0.3 is 0 Å². The Labute approximate surface area is 113 Å². The average Bonchev–Trinajstić information content (AvgIpc) is 2.45. The lowest BCUT2D eigenvalue weighted by molar-refractivity contribution is 0.101. The molecule has 19 heavy (non-hydrogen) atoms. The first-order valence-electron chi connectivity index (χ1n) is 6.17. The molecule has 0 aliphatic carbocycles. The number of aryl methyl sites for hydroxylation is 1. The van der Waals surface area contributed by atoms with Crippen LogP contribution in [0.25, 0.3) is 0 Å². The minimum absolute atomic E-state index is 0.0420. The number of benzene rings is 2. The van der Waals surface area contributed by atoms with Gasteiger partial charge in [-0.1, -0.05) is 24.3 Å². The molecule has 3 nitrogen and oxygen atoms in total. The van der Waals surface area contributed by atoms with E-state index in [1.54, 1.807) is 19.2 Å². The van der Waals surface area contributed by atoms with E-state index in [1.165, 1.54) is 5.56 Å². The topological polar surface area (TPSA) is 38.3 Å². The molecule has 0 spiro atoms. The number of rotatable bonds is 5. The molecule has 0 aliphatic heterocycles. The molecule has 2 aromatic carbocycles. The molecule has 0 aromatic heterocycles. The number of ketones is 1. The number of ether oxygens (including phenoxy) is 1. The van der Waals surface area contributed by atoms with Crippen LogP contribution in [0.5, 0.6) is 5.75 Å². The van der Waals surface area contributed by atoms with E-state index >= 15 is 0 Å². The van der Waals surface area contributed by atoms with Crippen molar-refractivity contribution < 1.29 is 9.53 Å². The van der Waals surface area contributed by atoms with E-state index < -0.39 is 0 Å². The van der Waals surface area contributed by atoms with Crippen LogP contribution in [0.4, 0.5) is 5.69 Å². The molecular weight excluding hydrogens is 238 g/mol. The minimum Gasteiger partial charge on any atom is -0.497 e. The van der Waals surface area contributed by atoms with Gasteiger partial charge in [0.15, 0.2) is 5.78 Å². The maximum Gasteiger partial charge on any atom is 0.181 e. The summed E-state index contributed by atoms with van der Waals surface area (Å²) in [5.74, 6) is 0.738. The van der Waals surface area contributed by atoms with Gasteiger partial charge in [0.1, 0.15) is 5.75 Å². The molecule has 0 aliphatic rings. The van der Waals surface area contributed by atoms with Gasteiger partial charge in [-0.3, -0.25) is 4.79 Å². The number of hydrogen-bond acceptors (Lipinski definition) is 3. The predicted molar refractivity (Wildman–Crippen MR) is 77.0 cm³/mol. The smallest absolute Gasteiger partial charge is 0.181 e. The van der Waals surface area contributed by atoms with Gasteiger partial charge in [0.2, 0.25) is 0 Å². The molecule has 0 bridgehead atoms. The Morgan fingerprint density at radius 3 is 2.68 bits per heavy atom. The van der Waals surface area contributed by atoms with Crippen molar-refractivity contribution in [1.29, 1.82) is 0 Å². The molecular formula is C16H17NO2. The second-order valence-electron chi connectivity index (χ2n) is 4.38. The van der Waals surface area contributed by atoms with Gasteiger partial charge in [-0.15, -0.1) is 0 Å². The summed E-state index contributed by atoms with van der Waals surface area (Å²) in [4.78, 5) is 12.1. The Bertz CT molecular complexity index is 578. The van der Waals surface area contributed by atoms with Crippen LogP contribution >= 0.6 is 0 Å². The Morgan fingerprint density at radius 1 is 1.16 bits per heavy atom. The van der Waals surface area contributed by atoms with Crippen molar-refractivity contribution in [3.8, 4) is 5.75 Å². The van der Waals surface area contributed by atoms with E-state index in [0.717, 1.165) is 5.69 Å². The van der Waals surface area contributed by atoms with Crippen molar-refractivity contribution in [2.75, 3.05) is 19.0 Å². The Morgan fingerprint density at radius 2 is 1.95 bits per heavy atom. The zero-order valence-electron chi connectivity index (χ0n) is 11.1. The third-order valence-electron chi connectivity index (χ3n) is 2.86. The molecule has 3 heteroatoms. The lowest BCUT2D eigenvalue weighted by Gasteiger charge is -2.07. The first kappa shape index (κ1) is 13.1. The van der Waals surface area contributed by atoms with Gasteiger partial charge in [-0.25, -0.2) is 0 Å². The maximum atomic E-state index is 12.1. The highest BCUT2D eigenvalue weighted by Gasteiger charge is 2.06. The second-order valence-corrected chi connectivity index (χ2v) is 4.38. The normalized spacial score (nSPS) is 10.0. The zero-order chi connectivity index (χ0) is 13.7. The number of carbonyl (C=O) groups is 1. The summed E-state index contributed by atoms with van der Waals surface area (Å²) in [6, 6.07) is 15.1. The van der Waals surface area contributed by atoms with E-state index in [0.29, 0.717) is 11.3 Å². The summed E-state index contributed by atoms with van der Waals surface area (Å²) in [5, 5.41) is 3.13. The molecule has 0 heterocycles. The first-order chi connectivity index (χ1) is 9.19. The number of nitrogens with one attached hydrogen (secondary N) is 1. The second kappa shape index (κ2) is 6.05. The molecule has 0 atom stereocenters. The highest BCUT2D eigenvalue weighted by Crippen LogP contribution is 2.14. The van der Waals surface area contributed by atoms with E-state index in [-0.39, 0.29) is 12.3 Å². The van der Waals surface area contributed by atoms with Crippen LogP contribution in [0.3, 0.4) is 0 Å². The van der Waals surface area contributed by atoms with E-state index in [9.17, 15) is 4.79 Å². The quantitative estimate of drug-likeness (QED) is 0.833. The van der Waals surface area contributed by atoms with E-state index in [2.05, 4.69) is 5.32 Å². The van der Waals surface area contributed by atoms with Crippen molar-refractivity contribution in [1.82, 2.24) is 0 Å². The third kappa shape index (κ3) is 3.58. The molecule has 0 saturated heterocycles. The number of carbonyl (C=O) groups excluding carboxylic acids is 1. The fourth-order valence-corrected chi connectivity index (χ4v) is 1.84. The Kier molecular flexibility index (Phi) is 4.18. The number of methoxy groups -OCH3 is 1. The summed E-state index contributed by atoms with van der Waals surface area (Å²) >= 11 is 0. The Hall–Kier alpha value is -2.29. The van der Waals surface area contributed by atoms with Gasteiger partial charge in [-0.05, 0) is 36.8 Å². The third-order valence-corrected chi connectivity index (χ3v) is 2.86. The van der Waals surface area contributed by atoms with Crippen molar-refractivity contribution in [2.45, 2.75) is 6.92 Å². The highest BCUT2D eigenvalue weighted by molar-refractivity contribution is 5.99. The summed E-state index contributed by atoms with van der Waals surface area (Å²) in [5.41, 5.74) is 2.77. The number of anilines is 1. The fraction of sp³-hybridized carbons (Fsp3) is 0.188. The van der Waals surface area contributed by atoms with Crippen LogP contribution in [0.15, 0.2) is 48.5 Å². The van der Waals surface area contributed by atoms with Crippen LogP contribution in [0.1, 0.15) is 15.9 Å². The molecule has 1 N–H and O–H groups in total. The zero-order valence-corrected chi connectivity index (χ0v) is 11.1. The number of hydrogen-bond donors (Lipinski definition) is 1. The van der Waals surface area contributed by atoms with Crippen LogP contribution in [0.2, 0.25) is 0 Å². The SMILES string of the molecule is COc1cccc(C(=O)CNc2cccc(C)c2)c1. The lowest BCUT2D eigenvalue weighted by atomic mass is 10.1. The highest BCUT2D eigenvalue weighted by atomic mass is 16.5. The van der Waals surface area contributed by atoms with Gasteiger partial charge < -0.3 is 10.1 Å². The van der Waals surface area contributed by atoms with Gasteiger partial charge in [0, 0.05) is 11.3 Å². The minimum atomic E-state index is 0.0420. The van der Waals surface area contributed by atoms with E-state index in [4.69, 9.17) is 4.74 Å². The molecule has 0 unspecified atom stereocenters. The van der Waals surface area contributed by atoms with Crippen molar-refractivity contribution in [3.63, 3.8) is 0 Å². The van der Waals surface area contributed by atoms with Crippen molar-refractivity contribution in [3.05, 3.63) is 59.7 Å². The molecule has 2 aromatic rings. The van der Waals surface area contributed by atoms with Gasteiger partial charge in [0.25, 0.3) is 0 Å². The van der Waals surface area contributed by atoms with Crippen molar-refractivity contribution in [2.24, 2.45) is 0 Å². The van der Waals surface area contributed by atoms with Gasteiger partial charge in [-0.2, -0.15) is 0 Å². The molecule has 0 amide bonds. The monoisotopic (exact) mass is 255 g/mol. The molecule has 98 valence electrons. The first-order valence-corrected chi connectivity index (χ1v) is 6.17. The van der Waals surface area contributed by atoms with Crippen LogP contribution in [-0.2, 0) is 0 Å². The van der Waals surface area contributed by atoms with Crippen LogP contribution in [-0.4, -0.2) is 19.4 Å². The van der Waals surface area contributed by atoms with Crippen LogP contribution < -0.4 is 10.1 Å².